The largest absolute Gasteiger partial charge is 0.417 e. The summed E-state index contributed by atoms with van der Waals surface area (Å²) in [7, 11) is 0. The van der Waals surface area contributed by atoms with Crippen LogP contribution in [0.4, 0.5) is 18.9 Å². The molecule has 0 spiro atoms. The minimum Gasteiger partial charge on any atom is -0.385 e. The van der Waals surface area contributed by atoms with Gasteiger partial charge in [-0.25, -0.2) is 0 Å². The maximum Gasteiger partial charge on any atom is 0.417 e. The van der Waals surface area contributed by atoms with Gasteiger partial charge in [0.1, 0.15) is 0 Å². The van der Waals surface area contributed by atoms with Crippen LogP contribution in [-0.4, -0.2) is 28.4 Å². The SMILES string of the molecule is Cc1cc(NCC2CC(O)(C(F)(F)F)C2)ccc1-c1ccncc1. The zero-order chi connectivity index (χ0) is 17.4. The summed E-state index contributed by atoms with van der Waals surface area (Å²) in [5.74, 6) is -0.170. The van der Waals surface area contributed by atoms with E-state index in [2.05, 4.69) is 10.3 Å². The Morgan fingerprint density at radius 3 is 2.46 bits per heavy atom. The van der Waals surface area contributed by atoms with Gasteiger partial charge >= 0.3 is 6.18 Å². The van der Waals surface area contributed by atoms with E-state index in [9.17, 15) is 18.3 Å². The van der Waals surface area contributed by atoms with Gasteiger partial charge in [-0.15, -0.1) is 0 Å². The molecule has 3 nitrogen and oxygen atoms in total. The van der Waals surface area contributed by atoms with Gasteiger partial charge in [-0.3, -0.25) is 4.98 Å². The number of alkyl halides is 3. The van der Waals surface area contributed by atoms with Crippen LogP contribution in [0.15, 0.2) is 42.7 Å². The van der Waals surface area contributed by atoms with Gasteiger partial charge in [-0.1, -0.05) is 6.07 Å². The fourth-order valence-electron chi connectivity index (χ4n) is 3.16. The van der Waals surface area contributed by atoms with Crippen molar-refractivity contribution in [3.8, 4) is 11.1 Å². The van der Waals surface area contributed by atoms with Crippen LogP contribution >= 0.6 is 0 Å². The molecule has 1 heterocycles. The van der Waals surface area contributed by atoms with Gasteiger partial charge < -0.3 is 10.4 Å². The predicted molar refractivity (Wildman–Crippen MR) is 86.6 cm³/mol. The molecule has 0 radical (unpaired) electrons. The number of hydrogen-bond donors (Lipinski definition) is 2. The van der Waals surface area contributed by atoms with Crippen molar-refractivity contribution in [3.63, 3.8) is 0 Å². The molecule has 1 aliphatic carbocycles. The van der Waals surface area contributed by atoms with Crippen molar-refractivity contribution in [1.29, 1.82) is 0 Å². The molecule has 128 valence electrons. The first-order chi connectivity index (χ1) is 11.3. The van der Waals surface area contributed by atoms with Crippen LogP contribution in [0.3, 0.4) is 0 Å². The summed E-state index contributed by atoms with van der Waals surface area (Å²) in [6.07, 6.45) is -1.54. The lowest BCUT2D eigenvalue weighted by Gasteiger charge is -2.44. The number of pyridine rings is 1. The van der Waals surface area contributed by atoms with Gasteiger partial charge in [-0.2, -0.15) is 13.2 Å². The van der Waals surface area contributed by atoms with Crippen molar-refractivity contribution < 1.29 is 18.3 Å². The van der Waals surface area contributed by atoms with Crippen LogP contribution in [-0.2, 0) is 0 Å². The maximum absolute atomic E-state index is 12.6. The molecule has 0 aliphatic heterocycles. The lowest BCUT2D eigenvalue weighted by molar-refractivity contribution is -0.297. The quantitative estimate of drug-likeness (QED) is 0.881. The predicted octanol–water partition coefficient (Wildman–Crippen LogP) is 4.17. The van der Waals surface area contributed by atoms with Gasteiger partial charge in [0.25, 0.3) is 0 Å². The fraction of sp³-hybridized carbons (Fsp3) is 0.389. The van der Waals surface area contributed by atoms with Crippen molar-refractivity contribution in [2.45, 2.75) is 31.5 Å². The number of nitrogens with one attached hydrogen (secondary N) is 1. The number of halogens is 3. The Morgan fingerprint density at radius 1 is 1.21 bits per heavy atom. The minimum absolute atomic E-state index is 0.170. The molecule has 0 saturated heterocycles. The zero-order valence-electron chi connectivity index (χ0n) is 13.3. The van der Waals surface area contributed by atoms with Crippen LogP contribution in [0, 0.1) is 12.8 Å². The summed E-state index contributed by atoms with van der Waals surface area (Å²) in [4.78, 5) is 4.00. The third-order valence-electron chi connectivity index (χ3n) is 4.59. The Bertz CT molecular complexity index is 710. The summed E-state index contributed by atoms with van der Waals surface area (Å²) >= 11 is 0. The molecular weight excluding hydrogens is 317 g/mol. The Labute approximate surface area is 138 Å². The number of aromatic nitrogens is 1. The molecule has 1 aliphatic rings. The summed E-state index contributed by atoms with van der Waals surface area (Å²) < 4.78 is 37.8. The van der Waals surface area contributed by atoms with E-state index in [0.29, 0.717) is 6.54 Å². The third kappa shape index (κ3) is 3.24. The third-order valence-corrected chi connectivity index (χ3v) is 4.59. The van der Waals surface area contributed by atoms with E-state index in [-0.39, 0.29) is 18.8 Å². The summed E-state index contributed by atoms with van der Waals surface area (Å²) in [6.45, 7) is 2.42. The lowest BCUT2D eigenvalue weighted by atomic mass is 9.70. The summed E-state index contributed by atoms with van der Waals surface area (Å²) in [5, 5.41) is 12.6. The molecule has 3 rings (SSSR count). The van der Waals surface area contributed by atoms with Gasteiger partial charge in [0.05, 0.1) is 0 Å². The van der Waals surface area contributed by atoms with Gasteiger partial charge in [0.15, 0.2) is 5.60 Å². The van der Waals surface area contributed by atoms with Crippen molar-refractivity contribution in [2.24, 2.45) is 5.92 Å². The number of aliphatic hydroxyl groups is 1. The zero-order valence-corrected chi connectivity index (χ0v) is 13.3. The Hall–Kier alpha value is -2.08. The fourth-order valence-corrected chi connectivity index (χ4v) is 3.16. The van der Waals surface area contributed by atoms with E-state index in [1.807, 2.05) is 37.3 Å². The number of benzene rings is 1. The van der Waals surface area contributed by atoms with E-state index >= 15 is 0 Å². The van der Waals surface area contributed by atoms with Crippen molar-refractivity contribution in [3.05, 3.63) is 48.3 Å². The first kappa shape index (κ1) is 16.8. The Balaban J connectivity index is 1.59. The molecule has 1 aromatic carbocycles. The topological polar surface area (TPSA) is 45.1 Å². The molecule has 1 aromatic heterocycles. The van der Waals surface area contributed by atoms with Crippen LogP contribution in [0.25, 0.3) is 11.1 Å². The van der Waals surface area contributed by atoms with Gasteiger partial charge in [-0.05, 0) is 66.6 Å². The minimum atomic E-state index is -4.54. The molecule has 0 unspecified atom stereocenters. The summed E-state index contributed by atoms with van der Waals surface area (Å²) in [5.41, 5.74) is 1.61. The number of hydrogen-bond acceptors (Lipinski definition) is 3. The average molecular weight is 336 g/mol. The first-order valence-corrected chi connectivity index (χ1v) is 7.82. The van der Waals surface area contributed by atoms with Crippen LogP contribution in [0.1, 0.15) is 18.4 Å². The second kappa shape index (κ2) is 6.09. The van der Waals surface area contributed by atoms with Gasteiger partial charge in [0.2, 0.25) is 0 Å². The molecule has 0 bridgehead atoms. The molecule has 2 N–H and O–H groups in total. The Kier molecular flexibility index (Phi) is 4.25. The van der Waals surface area contributed by atoms with E-state index in [1.165, 1.54) is 0 Å². The van der Waals surface area contributed by atoms with Crippen molar-refractivity contribution in [1.82, 2.24) is 4.98 Å². The van der Waals surface area contributed by atoms with Crippen LogP contribution in [0.2, 0.25) is 0 Å². The second-order valence-electron chi connectivity index (χ2n) is 6.45. The molecule has 1 saturated carbocycles. The van der Waals surface area contributed by atoms with Crippen molar-refractivity contribution in [2.75, 3.05) is 11.9 Å². The van der Waals surface area contributed by atoms with Crippen LogP contribution in [0.5, 0.6) is 0 Å². The summed E-state index contributed by atoms with van der Waals surface area (Å²) in [6, 6.07) is 9.74. The highest BCUT2D eigenvalue weighted by Gasteiger charge is 2.60. The normalized spacial score (nSPS) is 23.6. The van der Waals surface area contributed by atoms with Crippen LogP contribution < -0.4 is 5.32 Å². The van der Waals surface area contributed by atoms with E-state index in [4.69, 9.17) is 0 Å². The highest BCUT2D eigenvalue weighted by atomic mass is 19.4. The molecule has 6 heteroatoms. The average Bonchev–Trinajstić information content (AvgIpc) is 2.50. The first-order valence-electron chi connectivity index (χ1n) is 7.82. The smallest absolute Gasteiger partial charge is 0.385 e. The monoisotopic (exact) mass is 336 g/mol. The number of rotatable bonds is 4. The lowest BCUT2D eigenvalue weighted by Crippen LogP contribution is -2.56. The number of anilines is 1. The van der Waals surface area contributed by atoms with E-state index < -0.39 is 11.8 Å². The van der Waals surface area contributed by atoms with E-state index in [1.54, 1.807) is 12.4 Å². The van der Waals surface area contributed by atoms with Gasteiger partial charge in [0, 0.05) is 24.6 Å². The molecular formula is C18H19F3N2O. The molecule has 24 heavy (non-hydrogen) atoms. The molecule has 2 aromatic rings. The molecule has 0 amide bonds. The Morgan fingerprint density at radius 2 is 1.88 bits per heavy atom. The second-order valence-corrected chi connectivity index (χ2v) is 6.45. The molecule has 1 fully saturated rings. The highest BCUT2D eigenvalue weighted by molar-refractivity contribution is 5.69. The van der Waals surface area contributed by atoms with E-state index in [0.717, 1.165) is 22.4 Å². The highest BCUT2D eigenvalue weighted by Crippen LogP contribution is 2.48. The standard InChI is InChI=1S/C18H19F3N2O/c1-12-8-15(2-3-16(12)14-4-6-22-7-5-14)23-11-13-9-17(24,10-13)18(19,20)21/h2-8,13,23-24H,9-11H2,1H3. The number of aryl methyl sites for hydroxylation is 1. The number of nitrogens with zero attached hydrogens (tertiary/aromatic N) is 1. The molecule has 0 atom stereocenters. The van der Waals surface area contributed by atoms with Crippen molar-refractivity contribution >= 4 is 5.69 Å². The maximum atomic E-state index is 12.6.